The first kappa shape index (κ1) is 48.9. The van der Waals surface area contributed by atoms with Crippen molar-refractivity contribution >= 4 is 13.8 Å². The highest BCUT2D eigenvalue weighted by Crippen LogP contribution is 2.38. The number of nitrogens with zero attached hydrogens (tertiary/aromatic N) is 1. The molecule has 2 atom stereocenters. The Morgan fingerprint density at radius 3 is 1.69 bits per heavy atom. The number of rotatable bonds is 35. The minimum atomic E-state index is -4.52. The number of carbonyl (C=O) groups is 1. The minimum Gasteiger partial charge on any atom is -0.756 e. The molecule has 0 aliphatic heterocycles. The van der Waals surface area contributed by atoms with Crippen molar-refractivity contribution in [2.75, 3.05) is 54.1 Å². The monoisotopic (exact) mass is 736 g/mol. The zero-order valence-corrected chi connectivity index (χ0v) is 33.9. The molecule has 0 aromatic carbocycles. The van der Waals surface area contributed by atoms with Gasteiger partial charge in [0.1, 0.15) is 19.3 Å². The Kier molecular flexibility index (Phi) is 33.6. The van der Waals surface area contributed by atoms with Gasteiger partial charge in [-0.15, -0.1) is 0 Å². The van der Waals surface area contributed by atoms with Crippen LogP contribution in [0.5, 0.6) is 0 Å². The van der Waals surface area contributed by atoms with Crippen molar-refractivity contribution in [3.63, 3.8) is 0 Å². The third-order valence-electron chi connectivity index (χ3n) is 7.77. The lowest BCUT2D eigenvalue weighted by molar-refractivity contribution is -0.870. The number of quaternary nitrogens is 1. The van der Waals surface area contributed by atoms with Gasteiger partial charge in [-0.05, 0) is 64.2 Å². The minimum absolute atomic E-state index is 0.0159. The summed E-state index contributed by atoms with van der Waals surface area (Å²) in [4.78, 5) is 24.8. The van der Waals surface area contributed by atoms with Crippen LogP contribution in [0, 0.1) is 0 Å². The fourth-order valence-electron chi connectivity index (χ4n) is 4.72. The van der Waals surface area contributed by atoms with Gasteiger partial charge < -0.3 is 27.9 Å². The molecule has 0 fully saturated rings. The number of ether oxygens (including phenoxy) is 2. The van der Waals surface area contributed by atoms with Crippen LogP contribution in [0.15, 0.2) is 72.9 Å². The Morgan fingerprint density at radius 1 is 0.627 bits per heavy atom. The second-order valence-corrected chi connectivity index (χ2v) is 15.3. The summed E-state index contributed by atoms with van der Waals surface area (Å²) in [6.07, 6.45) is 43.6. The van der Waals surface area contributed by atoms with Crippen molar-refractivity contribution in [2.45, 2.75) is 136 Å². The van der Waals surface area contributed by atoms with Crippen LogP contribution in [-0.4, -0.2) is 70.7 Å². The average Bonchev–Trinajstić information content (AvgIpc) is 3.08. The molecule has 0 saturated heterocycles. The number of hydrogen-bond donors (Lipinski definition) is 0. The van der Waals surface area contributed by atoms with Crippen LogP contribution < -0.4 is 4.89 Å². The fourth-order valence-corrected chi connectivity index (χ4v) is 5.45. The molecule has 0 spiro atoms. The first-order chi connectivity index (χ1) is 24.6. The predicted octanol–water partition coefficient (Wildman–Crippen LogP) is 10.5. The zero-order valence-electron chi connectivity index (χ0n) is 33.0. The van der Waals surface area contributed by atoms with Crippen LogP contribution in [0.4, 0.5) is 0 Å². The second-order valence-electron chi connectivity index (χ2n) is 13.9. The molecule has 0 radical (unpaired) electrons. The predicted molar refractivity (Wildman–Crippen MR) is 212 cm³/mol. The first-order valence-corrected chi connectivity index (χ1v) is 21.1. The van der Waals surface area contributed by atoms with E-state index in [9.17, 15) is 14.3 Å². The summed E-state index contributed by atoms with van der Waals surface area (Å²) >= 11 is 0. The molecule has 0 amide bonds. The summed E-state index contributed by atoms with van der Waals surface area (Å²) in [5, 5.41) is 0. The maximum atomic E-state index is 12.5. The largest absolute Gasteiger partial charge is 0.756 e. The summed E-state index contributed by atoms with van der Waals surface area (Å²) in [7, 11) is 1.32. The normalized spacial score (nSPS) is 14.7. The van der Waals surface area contributed by atoms with Crippen LogP contribution in [0.3, 0.4) is 0 Å². The maximum Gasteiger partial charge on any atom is 0.306 e. The van der Waals surface area contributed by atoms with Crippen LogP contribution in [-0.2, 0) is 27.9 Å². The summed E-state index contributed by atoms with van der Waals surface area (Å²) in [5.41, 5.74) is 0. The maximum absolute atomic E-state index is 12.5. The van der Waals surface area contributed by atoms with Gasteiger partial charge in [0.25, 0.3) is 7.82 Å². The molecule has 0 aromatic heterocycles. The molecule has 9 heteroatoms. The molecular formula is C42H74NO7P. The quantitative estimate of drug-likeness (QED) is 0.0210. The van der Waals surface area contributed by atoms with E-state index in [2.05, 4.69) is 86.8 Å². The Hall–Kier alpha value is -2.06. The SMILES string of the molecule is CC/C=C\C/C=C\C/C=C\C/C=C\C/C=C\C/C=C\CCCCCOCC(COP(=O)([O-])OCC[N+](C)(C)C)OC(=O)CCCCCCCCC. The molecule has 0 rings (SSSR count). The Balaban J connectivity index is 4.25. The van der Waals surface area contributed by atoms with E-state index in [1.165, 1.54) is 25.7 Å². The highest BCUT2D eigenvalue weighted by Gasteiger charge is 2.20. The van der Waals surface area contributed by atoms with Crippen molar-refractivity contribution in [1.29, 1.82) is 0 Å². The first-order valence-electron chi connectivity index (χ1n) is 19.7. The topological polar surface area (TPSA) is 94.1 Å². The fraction of sp³-hybridized carbons (Fsp3) is 0.690. The van der Waals surface area contributed by atoms with Crippen molar-refractivity contribution in [1.82, 2.24) is 0 Å². The Morgan fingerprint density at radius 2 is 1.14 bits per heavy atom. The average molecular weight is 736 g/mol. The van der Waals surface area contributed by atoms with Gasteiger partial charge in [-0.3, -0.25) is 9.36 Å². The van der Waals surface area contributed by atoms with Gasteiger partial charge in [0.05, 0.1) is 34.4 Å². The number of phosphoric acid groups is 1. The lowest BCUT2D eigenvalue weighted by Gasteiger charge is -2.28. The number of unbranched alkanes of at least 4 members (excludes halogenated alkanes) is 9. The second kappa shape index (κ2) is 35.0. The van der Waals surface area contributed by atoms with Gasteiger partial charge in [0, 0.05) is 13.0 Å². The molecule has 0 N–H and O–H groups in total. The van der Waals surface area contributed by atoms with E-state index >= 15 is 0 Å². The molecule has 0 heterocycles. The number of carbonyl (C=O) groups excluding carboxylic acids is 1. The summed E-state index contributed by atoms with van der Waals surface area (Å²) < 4.78 is 34.3. The van der Waals surface area contributed by atoms with E-state index in [1.54, 1.807) is 0 Å². The Bertz CT molecular complexity index is 1040. The van der Waals surface area contributed by atoms with Gasteiger partial charge in [0.15, 0.2) is 0 Å². The summed E-state index contributed by atoms with van der Waals surface area (Å²) in [6.45, 7) is 5.13. The lowest BCUT2D eigenvalue weighted by atomic mass is 10.1. The molecule has 8 nitrogen and oxygen atoms in total. The highest BCUT2D eigenvalue weighted by molar-refractivity contribution is 7.45. The van der Waals surface area contributed by atoms with Gasteiger partial charge in [0.2, 0.25) is 0 Å². The molecule has 0 aliphatic carbocycles. The van der Waals surface area contributed by atoms with Crippen LogP contribution in [0.1, 0.15) is 129 Å². The van der Waals surface area contributed by atoms with E-state index in [4.69, 9.17) is 18.5 Å². The third kappa shape index (κ3) is 39.0. The van der Waals surface area contributed by atoms with E-state index in [-0.39, 0.29) is 25.8 Å². The van der Waals surface area contributed by atoms with E-state index in [0.29, 0.717) is 24.1 Å². The number of likely N-dealkylation sites (N-methyl/N-ethyl adjacent to an activating group) is 1. The van der Waals surface area contributed by atoms with E-state index in [1.807, 2.05) is 21.1 Å². The molecule has 0 bridgehead atoms. The van der Waals surface area contributed by atoms with Crippen LogP contribution in [0.25, 0.3) is 0 Å². The van der Waals surface area contributed by atoms with Crippen LogP contribution >= 0.6 is 7.82 Å². The number of esters is 1. The summed E-state index contributed by atoms with van der Waals surface area (Å²) in [6, 6.07) is 0. The van der Waals surface area contributed by atoms with E-state index < -0.39 is 13.9 Å². The molecule has 0 aromatic rings. The third-order valence-corrected chi connectivity index (χ3v) is 8.74. The zero-order chi connectivity index (χ0) is 37.7. The standard InChI is InChI=1S/C42H74NO7P/c1-6-8-10-12-14-15-16-17-18-19-20-21-22-23-24-25-26-27-28-30-32-34-37-47-39-41(40-49-51(45,46)48-38-36-43(3,4)5)50-42(44)35-33-31-29-13-11-9-7-2/h8,10,14-15,17-18,20-21,23-24,26-27,41H,6-7,9,11-13,16,19,22,25,28-40H2,1-5H3/b10-8-,15-14-,18-17-,21-20-,24-23-,27-26-. The lowest BCUT2D eigenvalue weighted by Crippen LogP contribution is -2.37. The number of allylic oxidation sites excluding steroid dienone is 12. The van der Waals surface area contributed by atoms with Crippen molar-refractivity contribution in [3.8, 4) is 0 Å². The Labute approximate surface area is 312 Å². The molecule has 51 heavy (non-hydrogen) atoms. The van der Waals surface area contributed by atoms with Gasteiger partial charge >= 0.3 is 5.97 Å². The smallest absolute Gasteiger partial charge is 0.306 e. The van der Waals surface area contributed by atoms with E-state index in [0.717, 1.165) is 83.5 Å². The van der Waals surface area contributed by atoms with Crippen molar-refractivity contribution in [2.24, 2.45) is 0 Å². The highest BCUT2D eigenvalue weighted by atomic mass is 31.2. The number of hydrogen-bond acceptors (Lipinski definition) is 7. The van der Waals surface area contributed by atoms with Gasteiger partial charge in [-0.2, -0.15) is 0 Å². The summed E-state index contributed by atoms with van der Waals surface area (Å²) in [5.74, 6) is -0.358. The van der Waals surface area contributed by atoms with Gasteiger partial charge in [-0.1, -0.05) is 132 Å². The van der Waals surface area contributed by atoms with Gasteiger partial charge in [-0.25, -0.2) is 0 Å². The molecule has 2 unspecified atom stereocenters. The van der Waals surface area contributed by atoms with Crippen LogP contribution in [0.2, 0.25) is 0 Å². The molecular weight excluding hydrogens is 661 g/mol. The molecule has 0 saturated carbocycles. The molecule has 0 aliphatic rings. The number of phosphoric ester groups is 1. The van der Waals surface area contributed by atoms with Crippen molar-refractivity contribution in [3.05, 3.63) is 72.9 Å². The van der Waals surface area contributed by atoms with Crippen molar-refractivity contribution < 1.29 is 37.3 Å². The molecule has 294 valence electrons.